The topological polar surface area (TPSA) is 59.1 Å². The molecule has 0 saturated heterocycles. The van der Waals surface area contributed by atoms with Crippen LogP contribution in [0.2, 0.25) is 0 Å². The van der Waals surface area contributed by atoms with Gasteiger partial charge in [-0.3, -0.25) is 14.6 Å². The lowest BCUT2D eigenvalue weighted by Gasteiger charge is -2.03. The second kappa shape index (κ2) is 7.16. The summed E-state index contributed by atoms with van der Waals surface area (Å²) < 4.78 is 0.755. The molecule has 3 aromatic heterocycles. The van der Waals surface area contributed by atoms with Crippen LogP contribution in [-0.4, -0.2) is 16.7 Å². The Morgan fingerprint density at radius 1 is 1.17 bits per heavy atom. The lowest BCUT2D eigenvalue weighted by Crippen LogP contribution is -2.22. The summed E-state index contributed by atoms with van der Waals surface area (Å²) in [6, 6.07) is 7.19. The average Bonchev–Trinajstić information content (AvgIpc) is 3.23. The zero-order valence-corrected chi connectivity index (χ0v) is 15.0. The lowest BCUT2D eigenvalue weighted by atomic mass is 10.2. The number of nitrogens with zero attached hydrogens (tertiary/aromatic N) is 1. The Bertz CT molecular complexity index is 843. The van der Waals surface area contributed by atoms with Gasteiger partial charge >= 0.3 is 0 Å². The van der Waals surface area contributed by atoms with E-state index in [-0.39, 0.29) is 11.7 Å². The van der Waals surface area contributed by atoms with Crippen LogP contribution in [0.1, 0.15) is 30.5 Å². The first-order chi connectivity index (χ1) is 11.1. The molecule has 0 aliphatic heterocycles. The number of thiophene rings is 2. The summed E-state index contributed by atoms with van der Waals surface area (Å²) in [7, 11) is 0. The molecular formula is C16H11BrN2O2S2. The van der Waals surface area contributed by atoms with Gasteiger partial charge in [0, 0.05) is 32.7 Å². The standard InChI is InChI=1S/C16H11BrN2O2S2/c17-12-5-11(6-18-7-12)16(21)19-8-13-1-2-14(23-13)15(20)10-3-4-22-9-10/h1-7,9H,8H2,(H,19,21). The fraction of sp³-hybridized carbons (Fsp3) is 0.0625. The molecule has 1 N–H and O–H groups in total. The van der Waals surface area contributed by atoms with Crippen molar-refractivity contribution in [3.63, 3.8) is 0 Å². The third kappa shape index (κ3) is 3.93. The van der Waals surface area contributed by atoms with Crippen molar-refractivity contribution in [2.45, 2.75) is 6.54 Å². The highest BCUT2D eigenvalue weighted by atomic mass is 79.9. The third-order valence-electron chi connectivity index (χ3n) is 3.06. The number of nitrogens with one attached hydrogen (secondary N) is 1. The highest BCUT2D eigenvalue weighted by Crippen LogP contribution is 2.21. The minimum absolute atomic E-state index is 0.0185. The molecule has 0 saturated carbocycles. The van der Waals surface area contributed by atoms with Gasteiger partial charge in [0.2, 0.25) is 5.78 Å². The molecule has 3 heterocycles. The fourth-order valence-electron chi connectivity index (χ4n) is 1.94. The number of amides is 1. The van der Waals surface area contributed by atoms with E-state index in [4.69, 9.17) is 0 Å². The molecule has 7 heteroatoms. The Morgan fingerprint density at radius 3 is 2.78 bits per heavy atom. The maximum Gasteiger partial charge on any atom is 0.253 e. The molecule has 3 rings (SSSR count). The van der Waals surface area contributed by atoms with Crippen molar-refractivity contribution in [3.05, 3.63) is 72.8 Å². The van der Waals surface area contributed by atoms with Crippen LogP contribution in [0.4, 0.5) is 0 Å². The molecule has 0 spiro atoms. The van der Waals surface area contributed by atoms with E-state index in [1.807, 2.05) is 22.9 Å². The Hall–Kier alpha value is -1.83. The number of aromatic nitrogens is 1. The summed E-state index contributed by atoms with van der Waals surface area (Å²) in [6.07, 6.45) is 3.14. The predicted molar refractivity (Wildman–Crippen MR) is 95.2 cm³/mol. The largest absolute Gasteiger partial charge is 0.347 e. The zero-order valence-electron chi connectivity index (χ0n) is 11.8. The van der Waals surface area contributed by atoms with Gasteiger partial charge in [-0.1, -0.05) is 0 Å². The molecule has 0 bridgehead atoms. The third-order valence-corrected chi connectivity index (χ3v) is 5.26. The van der Waals surface area contributed by atoms with E-state index in [1.54, 1.807) is 18.3 Å². The fourth-order valence-corrected chi connectivity index (χ4v) is 3.85. The number of hydrogen-bond acceptors (Lipinski definition) is 5. The van der Waals surface area contributed by atoms with Gasteiger partial charge in [-0.2, -0.15) is 11.3 Å². The Labute approximate surface area is 149 Å². The first kappa shape index (κ1) is 16.0. The smallest absolute Gasteiger partial charge is 0.253 e. The van der Waals surface area contributed by atoms with Crippen molar-refractivity contribution < 1.29 is 9.59 Å². The average molecular weight is 407 g/mol. The van der Waals surface area contributed by atoms with Crippen LogP contribution in [0.15, 0.2) is 51.9 Å². The molecule has 0 atom stereocenters. The van der Waals surface area contributed by atoms with Gasteiger partial charge in [0.15, 0.2) is 0 Å². The van der Waals surface area contributed by atoms with Gasteiger partial charge in [-0.15, -0.1) is 11.3 Å². The molecule has 0 radical (unpaired) electrons. The molecule has 3 aromatic rings. The summed E-state index contributed by atoms with van der Waals surface area (Å²) >= 11 is 6.18. The van der Waals surface area contributed by atoms with Crippen molar-refractivity contribution >= 4 is 50.3 Å². The predicted octanol–water partition coefficient (Wildman–Crippen LogP) is 4.13. The maximum atomic E-state index is 12.2. The molecule has 0 fully saturated rings. The van der Waals surface area contributed by atoms with Gasteiger partial charge in [-0.05, 0) is 45.6 Å². The molecule has 23 heavy (non-hydrogen) atoms. The Morgan fingerprint density at radius 2 is 2.04 bits per heavy atom. The Balaban J connectivity index is 1.63. The van der Waals surface area contributed by atoms with Crippen molar-refractivity contribution in [1.29, 1.82) is 0 Å². The monoisotopic (exact) mass is 406 g/mol. The normalized spacial score (nSPS) is 10.5. The van der Waals surface area contributed by atoms with Gasteiger partial charge < -0.3 is 5.32 Å². The van der Waals surface area contributed by atoms with E-state index in [0.29, 0.717) is 22.5 Å². The van der Waals surface area contributed by atoms with Gasteiger partial charge in [-0.25, -0.2) is 0 Å². The number of halogens is 1. The highest BCUT2D eigenvalue weighted by molar-refractivity contribution is 9.10. The lowest BCUT2D eigenvalue weighted by molar-refractivity contribution is 0.0950. The van der Waals surface area contributed by atoms with Crippen molar-refractivity contribution in [1.82, 2.24) is 10.3 Å². The second-order valence-corrected chi connectivity index (χ2v) is 7.55. The summed E-state index contributed by atoms with van der Waals surface area (Å²) in [5.74, 6) is -0.178. The number of ketones is 1. The van der Waals surface area contributed by atoms with E-state index in [1.165, 1.54) is 28.9 Å². The van der Waals surface area contributed by atoms with E-state index in [0.717, 1.165) is 9.35 Å². The highest BCUT2D eigenvalue weighted by Gasteiger charge is 2.13. The van der Waals surface area contributed by atoms with Crippen LogP contribution in [0.25, 0.3) is 0 Å². The number of pyridine rings is 1. The molecule has 0 aliphatic carbocycles. The molecule has 4 nitrogen and oxygen atoms in total. The number of carbonyl (C=O) groups excluding carboxylic acids is 2. The second-order valence-electron chi connectivity index (χ2n) is 4.68. The SMILES string of the molecule is O=C(NCc1ccc(C(=O)c2ccsc2)s1)c1cncc(Br)c1. The van der Waals surface area contributed by atoms with Crippen LogP contribution in [0, 0.1) is 0 Å². The summed E-state index contributed by atoms with van der Waals surface area (Å²) in [5.41, 5.74) is 1.19. The van der Waals surface area contributed by atoms with Crippen LogP contribution >= 0.6 is 38.6 Å². The molecule has 0 aliphatic rings. The first-order valence-corrected chi connectivity index (χ1v) is 9.23. The number of hydrogen-bond donors (Lipinski definition) is 1. The first-order valence-electron chi connectivity index (χ1n) is 6.68. The number of rotatable bonds is 5. The van der Waals surface area contributed by atoms with Gasteiger partial charge in [0.1, 0.15) is 0 Å². The summed E-state index contributed by atoms with van der Waals surface area (Å²) in [5, 5.41) is 6.55. The van der Waals surface area contributed by atoms with E-state index in [2.05, 4.69) is 26.2 Å². The van der Waals surface area contributed by atoms with Gasteiger partial charge in [0.05, 0.1) is 17.0 Å². The van der Waals surface area contributed by atoms with E-state index < -0.39 is 0 Å². The van der Waals surface area contributed by atoms with Crippen LogP contribution < -0.4 is 5.32 Å². The van der Waals surface area contributed by atoms with E-state index in [9.17, 15) is 9.59 Å². The van der Waals surface area contributed by atoms with Crippen molar-refractivity contribution in [3.8, 4) is 0 Å². The molecular weight excluding hydrogens is 396 g/mol. The van der Waals surface area contributed by atoms with Crippen LogP contribution in [0.3, 0.4) is 0 Å². The van der Waals surface area contributed by atoms with Crippen LogP contribution in [0.5, 0.6) is 0 Å². The van der Waals surface area contributed by atoms with Crippen LogP contribution in [-0.2, 0) is 6.54 Å². The quantitative estimate of drug-likeness (QED) is 0.647. The minimum atomic E-state index is -0.196. The number of carbonyl (C=O) groups is 2. The van der Waals surface area contributed by atoms with Crippen molar-refractivity contribution in [2.75, 3.05) is 0 Å². The molecule has 1 amide bonds. The zero-order chi connectivity index (χ0) is 16.2. The van der Waals surface area contributed by atoms with Crippen molar-refractivity contribution in [2.24, 2.45) is 0 Å². The Kier molecular flexibility index (Phi) is 5.00. The molecule has 116 valence electrons. The molecule has 0 unspecified atom stereocenters. The summed E-state index contributed by atoms with van der Waals surface area (Å²) in [4.78, 5) is 29.9. The van der Waals surface area contributed by atoms with Gasteiger partial charge in [0.25, 0.3) is 5.91 Å². The molecule has 0 aromatic carbocycles. The summed E-state index contributed by atoms with van der Waals surface area (Å²) in [6.45, 7) is 0.382. The van der Waals surface area contributed by atoms with E-state index >= 15 is 0 Å². The minimum Gasteiger partial charge on any atom is -0.347 e. The maximum absolute atomic E-state index is 12.2.